The van der Waals surface area contributed by atoms with Crippen molar-refractivity contribution >= 4 is 16.2 Å². The lowest BCUT2D eigenvalue weighted by Crippen LogP contribution is -2.00. The summed E-state index contributed by atoms with van der Waals surface area (Å²) in [4.78, 5) is 0.307. The molecular formula is C11H13NO2S. The molecule has 0 atom stereocenters. The second kappa shape index (κ2) is 3.77. The van der Waals surface area contributed by atoms with Gasteiger partial charge >= 0.3 is 0 Å². The standard InChI is InChI=1S/C11H13NO2S/c1-9-4-2-3-5-11(9)15(13,14)12-8-10-6-7-10/h2-5,8,10H,6-7H2,1H3/b12-8+. The summed E-state index contributed by atoms with van der Waals surface area (Å²) in [5.41, 5.74) is 0.741. The van der Waals surface area contributed by atoms with Crippen LogP contribution in [0.5, 0.6) is 0 Å². The van der Waals surface area contributed by atoms with Gasteiger partial charge in [0.05, 0.1) is 4.90 Å². The van der Waals surface area contributed by atoms with Gasteiger partial charge in [0.1, 0.15) is 0 Å². The first-order valence-electron chi connectivity index (χ1n) is 4.96. The summed E-state index contributed by atoms with van der Waals surface area (Å²) in [5, 5.41) is 0. The lowest BCUT2D eigenvalue weighted by molar-refractivity contribution is 0.597. The third-order valence-corrected chi connectivity index (χ3v) is 3.82. The van der Waals surface area contributed by atoms with Crippen LogP contribution in [0.15, 0.2) is 33.6 Å². The summed E-state index contributed by atoms with van der Waals surface area (Å²) >= 11 is 0. The first-order chi connectivity index (χ1) is 7.09. The van der Waals surface area contributed by atoms with E-state index in [2.05, 4.69) is 4.40 Å². The number of rotatable bonds is 3. The van der Waals surface area contributed by atoms with Crippen molar-refractivity contribution in [2.45, 2.75) is 24.7 Å². The van der Waals surface area contributed by atoms with Crippen LogP contribution < -0.4 is 0 Å². The monoisotopic (exact) mass is 223 g/mol. The van der Waals surface area contributed by atoms with Crippen LogP contribution in [0.4, 0.5) is 0 Å². The Morgan fingerprint density at radius 1 is 1.33 bits per heavy atom. The van der Waals surface area contributed by atoms with Gasteiger partial charge in [0.25, 0.3) is 10.0 Å². The summed E-state index contributed by atoms with van der Waals surface area (Å²) in [6, 6.07) is 6.90. The minimum atomic E-state index is -3.48. The van der Waals surface area contributed by atoms with Gasteiger partial charge in [0, 0.05) is 6.21 Å². The average molecular weight is 223 g/mol. The van der Waals surface area contributed by atoms with Crippen LogP contribution >= 0.6 is 0 Å². The fourth-order valence-electron chi connectivity index (χ4n) is 1.31. The first-order valence-corrected chi connectivity index (χ1v) is 6.40. The van der Waals surface area contributed by atoms with Gasteiger partial charge < -0.3 is 0 Å². The zero-order chi connectivity index (χ0) is 10.9. The van der Waals surface area contributed by atoms with Crippen molar-refractivity contribution in [2.75, 3.05) is 0 Å². The largest absolute Gasteiger partial charge is 0.282 e. The smallest absolute Gasteiger partial charge is 0.199 e. The molecule has 0 radical (unpaired) electrons. The van der Waals surface area contributed by atoms with E-state index in [-0.39, 0.29) is 0 Å². The quantitative estimate of drug-likeness (QED) is 0.737. The van der Waals surface area contributed by atoms with E-state index in [0.29, 0.717) is 10.8 Å². The molecule has 0 N–H and O–H groups in total. The van der Waals surface area contributed by atoms with E-state index < -0.39 is 10.0 Å². The highest BCUT2D eigenvalue weighted by molar-refractivity contribution is 7.90. The van der Waals surface area contributed by atoms with Gasteiger partial charge in [-0.1, -0.05) is 18.2 Å². The highest BCUT2D eigenvalue weighted by atomic mass is 32.2. The Balaban J connectivity index is 2.32. The number of benzene rings is 1. The Morgan fingerprint density at radius 3 is 2.60 bits per heavy atom. The molecule has 0 aromatic heterocycles. The predicted octanol–water partition coefficient (Wildman–Crippen LogP) is 2.16. The fourth-order valence-corrected chi connectivity index (χ4v) is 2.49. The number of nitrogens with zero attached hydrogens (tertiary/aromatic N) is 1. The van der Waals surface area contributed by atoms with E-state index in [9.17, 15) is 8.42 Å². The van der Waals surface area contributed by atoms with Crippen molar-refractivity contribution in [1.29, 1.82) is 0 Å². The van der Waals surface area contributed by atoms with Gasteiger partial charge in [0.2, 0.25) is 0 Å². The Morgan fingerprint density at radius 2 is 2.00 bits per heavy atom. The van der Waals surface area contributed by atoms with Crippen LogP contribution in [0.1, 0.15) is 18.4 Å². The molecule has 2 rings (SSSR count). The van der Waals surface area contributed by atoms with Crippen LogP contribution in [0.25, 0.3) is 0 Å². The molecule has 0 aliphatic heterocycles. The van der Waals surface area contributed by atoms with Gasteiger partial charge in [-0.2, -0.15) is 12.8 Å². The van der Waals surface area contributed by atoms with E-state index in [1.807, 2.05) is 6.07 Å². The molecule has 15 heavy (non-hydrogen) atoms. The van der Waals surface area contributed by atoms with E-state index >= 15 is 0 Å². The maximum absolute atomic E-state index is 11.8. The van der Waals surface area contributed by atoms with Gasteiger partial charge in [0.15, 0.2) is 0 Å². The minimum absolute atomic E-state index is 0.307. The molecule has 1 aromatic carbocycles. The third kappa shape index (κ3) is 2.45. The lowest BCUT2D eigenvalue weighted by Gasteiger charge is -2.01. The number of hydrogen-bond donors (Lipinski definition) is 0. The summed E-state index contributed by atoms with van der Waals surface area (Å²) in [6.07, 6.45) is 3.68. The lowest BCUT2D eigenvalue weighted by atomic mass is 10.2. The molecule has 1 aliphatic carbocycles. The average Bonchev–Trinajstić information content (AvgIpc) is 2.99. The maximum atomic E-state index is 11.8. The fraction of sp³-hybridized carbons (Fsp3) is 0.364. The van der Waals surface area contributed by atoms with Crippen LogP contribution in [0, 0.1) is 12.8 Å². The Bertz CT molecular complexity index is 487. The Hall–Kier alpha value is -1.16. The second-order valence-corrected chi connectivity index (χ2v) is 5.43. The molecule has 0 bridgehead atoms. The minimum Gasteiger partial charge on any atom is -0.199 e. The Kier molecular flexibility index (Phi) is 2.61. The number of sulfonamides is 1. The summed E-state index contributed by atoms with van der Waals surface area (Å²) in [6.45, 7) is 1.78. The van der Waals surface area contributed by atoms with E-state index in [0.717, 1.165) is 18.4 Å². The molecule has 1 aromatic rings. The summed E-state index contributed by atoms with van der Waals surface area (Å²) in [5.74, 6) is 0.379. The maximum Gasteiger partial charge on any atom is 0.282 e. The van der Waals surface area contributed by atoms with Crippen LogP contribution in [-0.4, -0.2) is 14.6 Å². The topological polar surface area (TPSA) is 46.5 Å². The molecule has 4 heteroatoms. The second-order valence-electron chi connectivity index (χ2n) is 3.83. The van der Waals surface area contributed by atoms with Crippen molar-refractivity contribution in [3.63, 3.8) is 0 Å². The number of aryl methyl sites for hydroxylation is 1. The summed E-state index contributed by atoms with van der Waals surface area (Å²) in [7, 11) is -3.48. The van der Waals surface area contributed by atoms with Gasteiger partial charge in [-0.15, -0.1) is 0 Å². The van der Waals surface area contributed by atoms with E-state index in [4.69, 9.17) is 0 Å². The van der Waals surface area contributed by atoms with Gasteiger partial charge in [-0.3, -0.25) is 0 Å². The van der Waals surface area contributed by atoms with Crippen molar-refractivity contribution in [1.82, 2.24) is 0 Å². The van der Waals surface area contributed by atoms with E-state index in [1.165, 1.54) is 0 Å². The highest BCUT2D eigenvalue weighted by Crippen LogP contribution is 2.27. The van der Waals surface area contributed by atoms with Crippen LogP contribution in [0.2, 0.25) is 0 Å². The first kappa shape index (κ1) is 10.4. The van der Waals surface area contributed by atoms with Crippen molar-refractivity contribution in [3.8, 4) is 0 Å². The molecule has 80 valence electrons. The van der Waals surface area contributed by atoms with Crippen molar-refractivity contribution < 1.29 is 8.42 Å². The highest BCUT2D eigenvalue weighted by Gasteiger charge is 2.21. The molecule has 1 saturated carbocycles. The molecule has 0 spiro atoms. The zero-order valence-electron chi connectivity index (χ0n) is 8.55. The van der Waals surface area contributed by atoms with Crippen molar-refractivity contribution in [3.05, 3.63) is 29.8 Å². The Labute approximate surface area is 89.9 Å². The summed E-state index contributed by atoms with van der Waals surface area (Å²) < 4.78 is 27.3. The molecule has 1 aliphatic rings. The zero-order valence-corrected chi connectivity index (χ0v) is 9.37. The molecule has 1 fully saturated rings. The normalized spacial score (nSPS) is 17.1. The molecule has 0 heterocycles. The van der Waals surface area contributed by atoms with Crippen LogP contribution in [-0.2, 0) is 10.0 Å². The van der Waals surface area contributed by atoms with Gasteiger partial charge in [-0.25, -0.2) is 0 Å². The molecule has 0 amide bonds. The third-order valence-electron chi connectivity index (χ3n) is 2.40. The molecule has 0 saturated heterocycles. The molecule has 0 unspecified atom stereocenters. The van der Waals surface area contributed by atoms with Crippen LogP contribution in [0.3, 0.4) is 0 Å². The number of hydrogen-bond acceptors (Lipinski definition) is 2. The van der Waals surface area contributed by atoms with Gasteiger partial charge in [-0.05, 0) is 37.3 Å². The van der Waals surface area contributed by atoms with E-state index in [1.54, 1.807) is 31.3 Å². The van der Waals surface area contributed by atoms with Crippen molar-refractivity contribution in [2.24, 2.45) is 10.3 Å². The molecule has 3 nitrogen and oxygen atoms in total. The SMILES string of the molecule is Cc1ccccc1S(=O)(=O)/N=C/C1CC1. The molecular weight excluding hydrogens is 210 g/mol. The predicted molar refractivity (Wildman–Crippen MR) is 59.6 cm³/mol.